The van der Waals surface area contributed by atoms with Gasteiger partial charge >= 0.3 is 0 Å². The van der Waals surface area contributed by atoms with Crippen molar-refractivity contribution < 1.29 is 0 Å². The van der Waals surface area contributed by atoms with E-state index in [1.54, 1.807) is 0 Å². The van der Waals surface area contributed by atoms with Crippen molar-refractivity contribution >= 4 is 0 Å². The molecule has 14 heavy (non-hydrogen) atoms. The molecule has 2 rings (SSSR count). The van der Waals surface area contributed by atoms with Gasteiger partial charge in [0, 0.05) is 19.1 Å². The van der Waals surface area contributed by atoms with Crippen molar-refractivity contribution in [3.05, 3.63) is 0 Å². The number of hydrogen-bond donors (Lipinski definition) is 1. The molecule has 0 aromatic heterocycles. The number of nitrogens with zero attached hydrogens (tertiary/aromatic N) is 1. The van der Waals surface area contributed by atoms with Crippen molar-refractivity contribution in [2.75, 3.05) is 19.6 Å². The lowest BCUT2D eigenvalue weighted by atomic mass is 9.89. The highest BCUT2D eigenvalue weighted by Crippen LogP contribution is 2.23. The standard InChI is InChI=1S/C12H23N2/c1-2-4-11(5-3-1)10-14-12-6-8-13-9-7-12/h11-12,14H,1-10H2. The Kier molecular flexibility index (Phi) is 4.26. The van der Waals surface area contributed by atoms with Crippen LogP contribution in [0.5, 0.6) is 0 Å². The fourth-order valence-corrected chi connectivity index (χ4v) is 2.68. The van der Waals surface area contributed by atoms with Gasteiger partial charge < -0.3 is 5.32 Å². The van der Waals surface area contributed by atoms with Crippen LogP contribution in [0.4, 0.5) is 0 Å². The van der Waals surface area contributed by atoms with Gasteiger partial charge in [0.15, 0.2) is 0 Å². The zero-order valence-corrected chi connectivity index (χ0v) is 9.17. The maximum Gasteiger partial charge on any atom is 0.0148 e. The summed E-state index contributed by atoms with van der Waals surface area (Å²) in [7, 11) is 0. The van der Waals surface area contributed by atoms with Gasteiger partial charge in [-0.25, -0.2) is 5.32 Å². The lowest BCUT2D eigenvalue weighted by Gasteiger charge is -2.27. The molecule has 1 radical (unpaired) electrons. The average molecular weight is 195 g/mol. The number of hydrogen-bond acceptors (Lipinski definition) is 1. The normalized spacial score (nSPS) is 26.6. The van der Waals surface area contributed by atoms with Gasteiger partial charge in [-0.15, -0.1) is 0 Å². The monoisotopic (exact) mass is 195 g/mol. The predicted octanol–water partition coefficient (Wildman–Crippen LogP) is 1.92. The number of piperidine rings is 1. The molecule has 0 bridgehead atoms. The van der Waals surface area contributed by atoms with Crippen LogP contribution in [0, 0.1) is 5.92 Å². The Morgan fingerprint density at radius 2 is 1.64 bits per heavy atom. The molecular formula is C12H23N2. The Hall–Kier alpha value is -0.0800. The van der Waals surface area contributed by atoms with Gasteiger partial charge in [0.25, 0.3) is 0 Å². The van der Waals surface area contributed by atoms with E-state index in [4.69, 9.17) is 0 Å². The fourth-order valence-electron chi connectivity index (χ4n) is 2.68. The minimum atomic E-state index is 0.773. The third kappa shape index (κ3) is 3.25. The molecule has 1 heterocycles. The Labute approximate surface area is 87.8 Å². The first-order valence-electron chi connectivity index (χ1n) is 6.32. The zero-order valence-electron chi connectivity index (χ0n) is 9.17. The van der Waals surface area contributed by atoms with E-state index in [-0.39, 0.29) is 0 Å². The van der Waals surface area contributed by atoms with E-state index >= 15 is 0 Å². The van der Waals surface area contributed by atoms with Crippen LogP contribution in [-0.4, -0.2) is 25.7 Å². The van der Waals surface area contributed by atoms with E-state index in [0.29, 0.717) is 0 Å². The molecule has 0 atom stereocenters. The summed E-state index contributed by atoms with van der Waals surface area (Å²) in [5, 5.41) is 8.11. The van der Waals surface area contributed by atoms with E-state index < -0.39 is 0 Å². The molecule has 2 aliphatic rings. The second-order valence-electron chi connectivity index (χ2n) is 4.86. The molecule has 0 spiro atoms. The van der Waals surface area contributed by atoms with E-state index in [0.717, 1.165) is 25.0 Å². The summed E-state index contributed by atoms with van der Waals surface area (Å²) in [5.41, 5.74) is 0. The van der Waals surface area contributed by atoms with Crippen molar-refractivity contribution in [1.29, 1.82) is 0 Å². The van der Waals surface area contributed by atoms with E-state index in [1.165, 1.54) is 51.5 Å². The molecule has 1 aliphatic heterocycles. The maximum absolute atomic E-state index is 4.38. The van der Waals surface area contributed by atoms with Gasteiger partial charge in [-0.05, 0) is 38.1 Å². The molecular weight excluding hydrogens is 172 g/mol. The van der Waals surface area contributed by atoms with Gasteiger partial charge in [-0.3, -0.25) is 0 Å². The van der Waals surface area contributed by atoms with Crippen molar-refractivity contribution in [1.82, 2.24) is 10.6 Å². The van der Waals surface area contributed by atoms with Crippen LogP contribution in [-0.2, 0) is 0 Å². The molecule has 1 aliphatic carbocycles. The molecule has 2 nitrogen and oxygen atoms in total. The molecule has 0 unspecified atom stereocenters. The largest absolute Gasteiger partial charge is 0.314 e. The quantitative estimate of drug-likeness (QED) is 0.731. The van der Waals surface area contributed by atoms with Crippen molar-refractivity contribution in [2.45, 2.75) is 51.0 Å². The third-order valence-corrected chi connectivity index (χ3v) is 3.69. The number of rotatable bonds is 3. The van der Waals surface area contributed by atoms with Gasteiger partial charge in [0.1, 0.15) is 0 Å². The van der Waals surface area contributed by atoms with Crippen LogP contribution < -0.4 is 10.6 Å². The SMILES string of the molecule is C1CCC(CNC2CC[N]CC2)CC1. The first-order chi connectivity index (χ1) is 6.95. The van der Waals surface area contributed by atoms with Crippen LogP contribution in [0.15, 0.2) is 0 Å². The summed E-state index contributed by atoms with van der Waals surface area (Å²) in [4.78, 5) is 0. The summed E-state index contributed by atoms with van der Waals surface area (Å²) in [6.07, 6.45) is 9.87. The van der Waals surface area contributed by atoms with Crippen molar-refractivity contribution in [3.63, 3.8) is 0 Å². The lowest BCUT2D eigenvalue weighted by Crippen LogP contribution is -2.40. The van der Waals surface area contributed by atoms with Crippen LogP contribution in [0.25, 0.3) is 0 Å². The maximum atomic E-state index is 4.38. The summed E-state index contributed by atoms with van der Waals surface area (Å²) < 4.78 is 0. The molecule has 2 fully saturated rings. The third-order valence-electron chi connectivity index (χ3n) is 3.69. The summed E-state index contributed by atoms with van der Waals surface area (Å²) >= 11 is 0. The Balaban J connectivity index is 1.60. The number of nitrogens with one attached hydrogen (secondary N) is 1. The minimum absolute atomic E-state index is 0.773. The first-order valence-corrected chi connectivity index (χ1v) is 6.32. The van der Waals surface area contributed by atoms with Crippen molar-refractivity contribution in [3.8, 4) is 0 Å². The minimum Gasteiger partial charge on any atom is -0.314 e. The summed E-state index contributed by atoms with van der Waals surface area (Å²) in [6.45, 7) is 3.44. The Morgan fingerprint density at radius 1 is 0.929 bits per heavy atom. The topological polar surface area (TPSA) is 26.1 Å². The molecule has 0 aromatic rings. The van der Waals surface area contributed by atoms with Crippen molar-refractivity contribution in [2.24, 2.45) is 5.92 Å². The summed E-state index contributed by atoms with van der Waals surface area (Å²) in [5.74, 6) is 0.975. The van der Waals surface area contributed by atoms with Gasteiger partial charge in [-0.2, -0.15) is 0 Å². The van der Waals surface area contributed by atoms with Crippen LogP contribution in [0.2, 0.25) is 0 Å². The first kappa shape index (κ1) is 10.4. The van der Waals surface area contributed by atoms with E-state index in [1.807, 2.05) is 0 Å². The highest BCUT2D eigenvalue weighted by atomic mass is 15.0. The average Bonchev–Trinajstić information content (AvgIpc) is 2.29. The zero-order chi connectivity index (χ0) is 9.64. The fraction of sp³-hybridized carbons (Fsp3) is 1.00. The smallest absolute Gasteiger partial charge is 0.0148 e. The second-order valence-corrected chi connectivity index (χ2v) is 4.86. The molecule has 0 aromatic carbocycles. The Bertz CT molecular complexity index is 128. The summed E-state index contributed by atoms with van der Waals surface area (Å²) in [6, 6.07) is 0.773. The lowest BCUT2D eigenvalue weighted by molar-refractivity contribution is 0.304. The van der Waals surface area contributed by atoms with Gasteiger partial charge in [0.2, 0.25) is 0 Å². The van der Waals surface area contributed by atoms with Crippen LogP contribution in [0.3, 0.4) is 0 Å². The van der Waals surface area contributed by atoms with Crippen LogP contribution >= 0.6 is 0 Å². The highest BCUT2D eigenvalue weighted by Gasteiger charge is 2.17. The van der Waals surface area contributed by atoms with Gasteiger partial charge in [0.05, 0.1) is 0 Å². The van der Waals surface area contributed by atoms with E-state index in [2.05, 4.69) is 10.6 Å². The Morgan fingerprint density at radius 3 is 2.36 bits per heavy atom. The molecule has 2 heteroatoms. The second kappa shape index (κ2) is 5.72. The molecule has 1 saturated heterocycles. The molecule has 81 valence electrons. The predicted molar refractivity (Wildman–Crippen MR) is 59.5 cm³/mol. The molecule has 1 N–H and O–H groups in total. The molecule has 1 saturated carbocycles. The highest BCUT2D eigenvalue weighted by molar-refractivity contribution is 4.76. The molecule has 0 amide bonds. The van der Waals surface area contributed by atoms with Crippen LogP contribution in [0.1, 0.15) is 44.9 Å². The van der Waals surface area contributed by atoms with Gasteiger partial charge in [-0.1, -0.05) is 19.3 Å². The van der Waals surface area contributed by atoms with E-state index in [9.17, 15) is 0 Å².